The maximum Gasteiger partial charge on any atom is -0.0244 e. The number of hydrogen-bond acceptors (Lipinski definition) is 0. The van der Waals surface area contributed by atoms with E-state index in [-0.39, 0.29) is 0 Å². The molecule has 0 bridgehead atoms. The predicted octanol–water partition coefficient (Wildman–Crippen LogP) is 8.10. The Morgan fingerprint density at radius 2 is 1.69 bits per heavy atom. The van der Waals surface area contributed by atoms with E-state index in [1.807, 2.05) is 6.08 Å². The first-order chi connectivity index (χ1) is 14.3. The van der Waals surface area contributed by atoms with Crippen molar-refractivity contribution >= 4 is 0 Å². The Kier molecular flexibility index (Phi) is 7.33. The van der Waals surface area contributed by atoms with Gasteiger partial charge >= 0.3 is 0 Å². The highest BCUT2D eigenvalue weighted by atomic mass is 14.4. The Labute approximate surface area is 179 Å². The molecule has 158 valence electrons. The van der Waals surface area contributed by atoms with Gasteiger partial charge in [-0.2, -0.15) is 0 Å². The van der Waals surface area contributed by atoms with Crippen LogP contribution in [0, 0.1) is 29.6 Å². The van der Waals surface area contributed by atoms with Crippen molar-refractivity contribution in [3.8, 4) is 0 Å². The number of fused-ring (bicyclic) bond motifs is 2. The van der Waals surface area contributed by atoms with Gasteiger partial charge in [-0.3, -0.25) is 0 Å². The summed E-state index contributed by atoms with van der Waals surface area (Å²) in [7, 11) is 0. The third-order valence-electron chi connectivity index (χ3n) is 8.58. The molecular weight excluding hydrogens is 348 g/mol. The molecule has 0 amide bonds. The van der Waals surface area contributed by atoms with Crippen molar-refractivity contribution < 1.29 is 0 Å². The van der Waals surface area contributed by atoms with Crippen molar-refractivity contribution in [3.05, 3.63) is 59.7 Å². The van der Waals surface area contributed by atoms with Crippen LogP contribution in [0.4, 0.5) is 0 Å². The van der Waals surface area contributed by atoms with Crippen LogP contribution in [0.5, 0.6) is 0 Å². The summed E-state index contributed by atoms with van der Waals surface area (Å²) >= 11 is 0. The second kappa shape index (κ2) is 10.1. The zero-order valence-corrected chi connectivity index (χ0v) is 18.8. The van der Waals surface area contributed by atoms with Crippen LogP contribution in [-0.2, 0) is 19.3 Å². The molecule has 29 heavy (non-hydrogen) atoms. The quantitative estimate of drug-likeness (QED) is 0.412. The lowest BCUT2D eigenvalue weighted by Gasteiger charge is -2.45. The van der Waals surface area contributed by atoms with Crippen molar-refractivity contribution in [3.63, 3.8) is 0 Å². The molecule has 2 saturated carbocycles. The molecule has 0 aliphatic heterocycles. The summed E-state index contributed by atoms with van der Waals surface area (Å²) in [6.45, 7) is 6.03. The van der Waals surface area contributed by atoms with Gasteiger partial charge in [0, 0.05) is 0 Å². The van der Waals surface area contributed by atoms with E-state index in [9.17, 15) is 0 Å². The molecule has 3 aliphatic carbocycles. The lowest BCUT2D eigenvalue weighted by Crippen LogP contribution is -2.35. The Hall–Kier alpha value is -1.30. The molecule has 0 N–H and O–H groups in total. The van der Waals surface area contributed by atoms with Crippen LogP contribution in [0.15, 0.2) is 43.0 Å². The number of aryl methyl sites for hydroxylation is 2. The summed E-state index contributed by atoms with van der Waals surface area (Å²) in [6.07, 6.45) is 24.9. The van der Waals surface area contributed by atoms with E-state index in [0.29, 0.717) is 0 Å². The van der Waals surface area contributed by atoms with Crippen molar-refractivity contribution in [1.29, 1.82) is 0 Å². The van der Waals surface area contributed by atoms with E-state index in [1.165, 1.54) is 69.8 Å². The number of rotatable bonds is 7. The van der Waals surface area contributed by atoms with Crippen LogP contribution in [0.3, 0.4) is 0 Å². The van der Waals surface area contributed by atoms with Crippen LogP contribution in [0.25, 0.3) is 0 Å². The largest absolute Gasteiger partial charge is 0.103 e. The van der Waals surface area contributed by atoms with Crippen LogP contribution in [0.1, 0.15) is 87.8 Å². The SMILES string of the molecule is C=CCCc1ccc2c(c1)CCC(C1CCC3C[C@H](CC/C=C/C)CC[C@@H]3C1)C2. The van der Waals surface area contributed by atoms with E-state index in [1.54, 1.807) is 17.5 Å². The van der Waals surface area contributed by atoms with Crippen LogP contribution < -0.4 is 0 Å². The van der Waals surface area contributed by atoms with Crippen LogP contribution in [-0.4, -0.2) is 0 Å². The predicted molar refractivity (Wildman–Crippen MR) is 126 cm³/mol. The van der Waals surface area contributed by atoms with Crippen molar-refractivity contribution in [1.82, 2.24) is 0 Å². The third-order valence-corrected chi connectivity index (χ3v) is 8.58. The molecule has 5 atom stereocenters. The van der Waals surface area contributed by atoms with Crippen molar-refractivity contribution in [2.45, 2.75) is 90.4 Å². The molecule has 0 heterocycles. The standard InChI is InChI=1S/C29H42/c1-3-5-7-9-23-11-13-27-21-29(17-15-25(27)19-23)28-16-14-24-18-22(8-6-4-2)10-12-26(24)20-28/h3-5,10,12,18,23,25,27-29H,2,6-9,11,13-17,19-21H2,1H3/b5-3+/t23-,25?,27-,28?,29?/m1/s1. The summed E-state index contributed by atoms with van der Waals surface area (Å²) in [4.78, 5) is 0. The molecule has 0 aromatic heterocycles. The molecule has 3 unspecified atom stereocenters. The van der Waals surface area contributed by atoms with Gasteiger partial charge in [-0.25, -0.2) is 0 Å². The molecule has 0 saturated heterocycles. The topological polar surface area (TPSA) is 0 Å². The summed E-state index contributed by atoms with van der Waals surface area (Å²) in [5.41, 5.74) is 4.82. The maximum absolute atomic E-state index is 3.87. The van der Waals surface area contributed by atoms with Crippen LogP contribution >= 0.6 is 0 Å². The minimum Gasteiger partial charge on any atom is -0.103 e. The first-order valence-electron chi connectivity index (χ1n) is 12.6. The minimum absolute atomic E-state index is 0.954. The molecule has 2 fully saturated rings. The first kappa shape index (κ1) is 21.0. The minimum atomic E-state index is 0.954. The molecule has 1 aromatic rings. The van der Waals surface area contributed by atoms with Gasteiger partial charge in [-0.05, 0) is 130 Å². The van der Waals surface area contributed by atoms with Gasteiger partial charge in [0.25, 0.3) is 0 Å². The van der Waals surface area contributed by atoms with Gasteiger partial charge in [0.05, 0.1) is 0 Å². The van der Waals surface area contributed by atoms with Gasteiger partial charge in [-0.1, -0.05) is 42.8 Å². The molecule has 0 nitrogen and oxygen atoms in total. The highest BCUT2D eigenvalue weighted by Crippen LogP contribution is 2.49. The molecule has 0 spiro atoms. The number of allylic oxidation sites excluding steroid dienone is 3. The smallest absolute Gasteiger partial charge is 0.0244 e. The number of benzene rings is 1. The third kappa shape index (κ3) is 5.25. The molecular formula is C29H42. The van der Waals surface area contributed by atoms with Gasteiger partial charge in [0.2, 0.25) is 0 Å². The summed E-state index contributed by atoms with van der Waals surface area (Å²) < 4.78 is 0. The van der Waals surface area contributed by atoms with E-state index in [4.69, 9.17) is 0 Å². The fraction of sp³-hybridized carbons (Fsp3) is 0.655. The monoisotopic (exact) mass is 390 g/mol. The highest BCUT2D eigenvalue weighted by Gasteiger charge is 2.38. The van der Waals surface area contributed by atoms with Gasteiger partial charge in [0.1, 0.15) is 0 Å². The Morgan fingerprint density at radius 3 is 2.52 bits per heavy atom. The fourth-order valence-electron chi connectivity index (χ4n) is 6.87. The Bertz CT molecular complexity index is 696. The average molecular weight is 391 g/mol. The van der Waals surface area contributed by atoms with Gasteiger partial charge in [-0.15, -0.1) is 6.58 Å². The summed E-state index contributed by atoms with van der Waals surface area (Å²) in [5.74, 6) is 5.08. The second-order valence-corrected chi connectivity index (χ2v) is 10.4. The molecule has 0 radical (unpaired) electrons. The second-order valence-electron chi connectivity index (χ2n) is 10.4. The molecule has 0 heteroatoms. The lowest BCUT2D eigenvalue weighted by molar-refractivity contribution is 0.0699. The Balaban J connectivity index is 1.30. The van der Waals surface area contributed by atoms with E-state index in [0.717, 1.165) is 42.4 Å². The average Bonchev–Trinajstić information content (AvgIpc) is 2.77. The molecule has 1 aromatic carbocycles. The van der Waals surface area contributed by atoms with Gasteiger partial charge < -0.3 is 0 Å². The zero-order chi connectivity index (χ0) is 20.1. The van der Waals surface area contributed by atoms with Crippen molar-refractivity contribution in [2.24, 2.45) is 29.6 Å². The summed E-state index contributed by atoms with van der Waals surface area (Å²) in [6, 6.07) is 7.35. The van der Waals surface area contributed by atoms with Crippen LogP contribution in [0.2, 0.25) is 0 Å². The zero-order valence-electron chi connectivity index (χ0n) is 18.8. The van der Waals surface area contributed by atoms with Crippen molar-refractivity contribution in [2.75, 3.05) is 0 Å². The normalized spacial score (nSPS) is 32.0. The first-order valence-corrected chi connectivity index (χ1v) is 12.6. The number of hydrogen-bond donors (Lipinski definition) is 0. The lowest BCUT2D eigenvalue weighted by atomic mass is 9.61. The fourth-order valence-corrected chi connectivity index (χ4v) is 6.87. The summed E-state index contributed by atoms with van der Waals surface area (Å²) in [5, 5.41) is 0. The molecule has 3 aliphatic rings. The van der Waals surface area contributed by atoms with E-state index < -0.39 is 0 Å². The van der Waals surface area contributed by atoms with E-state index in [2.05, 4.69) is 43.9 Å². The van der Waals surface area contributed by atoms with E-state index >= 15 is 0 Å². The maximum atomic E-state index is 3.87. The van der Waals surface area contributed by atoms with Gasteiger partial charge in [0.15, 0.2) is 0 Å². The highest BCUT2D eigenvalue weighted by molar-refractivity contribution is 5.34. The molecule has 4 rings (SSSR count). The Morgan fingerprint density at radius 1 is 0.897 bits per heavy atom.